The number of anilines is 1. The van der Waals surface area contributed by atoms with Crippen LogP contribution < -0.4 is 14.9 Å². The molecule has 8 heteroatoms. The minimum atomic E-state index is -0.367. The van der Waals surface area contributed by atoms with Gasteiger partial charge in [-0.1, -0.05) is 29.5 Å². The molecule has 1 N–H and O–H groups in total. The first kappa shape index (κ1) is 18.4. The predicted octanol–water partition coefficient (Wildman–Crippen LogP) is 3.93. The fourth-order valence-corrected chi connectivity index (χ4v) is 6.56. The Morgan fingerprint density at radius 2 is 2.00 bits per heavy atom. The molecule has 29 heavy (non-hydrogen) atoms. The zero-order chi connectivity index (χ0) is 20.0. The van der Waals surface area contributed by atoms with Gasteiger partial charge in [0.2, 0.25) is 5.91 Å². The highest BCUT2D eigenvalue weighted by Crippen LogP contribution is 2.50. The maximum atomic E-state index is 13.0. The topological polar surface area (TPSA) is 60.3 Å². The fraction of sp³-hybridized carbons (Fsp3) is 0.238. The van der Waals surface area contributed by atoms with Gasteiger partial charge in [0.1, 0.15) is 18.1 Å². The van der Waals surface area contributed by atoms with Crippen LogP contribution in [0.5, 0.6) is 5.75 Å². The van der Waals surface area contributed by atoms with Gasteiger partial charge in [-0.15, -0.1) is 11.8 Å². The van der Waals surface area contributed by atoms with E-state index in [4.69, 9.17) is 4.74 Å². The molecule has 0 saturated heterocycles. The maximum absolute atomic E-state index is 13.0. The monoisotopic (exact) mass is 428 g/mol. The van der Waals surface area contributed by atoms with Crippen LogP contribution in [0.4, 0.5) is 10.1 Å². The molecule has 1 aromatic heterocycles. The summed E-state index contributed by atoms with van der Waals surface area (Å²) in [6.45, 7) is 0.565. The van der Waals surface area contributed by atoms with Gasteiger partial charge in [0, 0.05) is 33.7 Å². The normalized spacial score (nSPS) is 19.5. The molecule has 2 atom stereocenters. The van der Waals surface area contributed by atoms with Crippen molar-refractivity contribution in [1.82, 2.24) is 4.57 Å². The Morgan fingerprint density at radius 3 is 2.83 bits per heavy atom. The van der Waals surface area contributed by atoms with Crippen LogP contribution >= 0.6 is 23.1 Å². The van der Waals surface area contributed by atoms with Crippen LogP contribution in [0.15, 0.2) is 58.4 Å². The van der Waals surface area contributed by atoms with E-state index in [9.17, 15) is 14.0 Å². The number of hydrogen-bond acceptors (Lipinski definition) is 5. The highest BCUT2D eigenvalue weighted by atomic mass is 32.2. The number of nitrogens with one attached hydrogen (secondary N) is 1. The number of ether oxygens (including phenoxy) is 1. The Hall–Kier alpha value is -2.58. The summed E-state index contributed by atoms with van der Waals surface area (Å²) in [5.41, 5.74) is 1.61. The number of carbonyl (C=O) groups is 1. The Balaban J connectivity index is 1.44. The maximum Gasteiger partial charge on any atom is 0.308 e. The molecule has 148 valence electrons. The van der Waals surface area contributed by atoms with Gasteiger partial charge in [-0.05, 0) is 30.3 Å². The first-order valence-electron chi connectivity index (χ1n) is 9.23. The summed E-state index contributed by atoms with van der Waals surface area (Å²) in [6.07, 6.45) is 0. The molecule has 5 rings (SSSR count). The van der Waals surface area contributed by atoms with Crippen LogP contribution in [0.2, 0.25) is 0 Å². The van der Waals surface area contributed by atoms with E-state index in [1.165, 1.54) is 35.6 Å². The van der Waals surface area contributed by atoms with Gasteiger partial charge in [-0.25, -0.2) is 4.39 Å². The number of hydrogen-bond donors (Lipinski definition) is 1. The van der Waals surface area contributed by atoms with Crippen molar-refractivity contribution >= 4 is 34.7 Å². The minimum absolute atomic E-state index is 0.0649. The van der Waals surface area contributed by atoms with Crippen molar-refractivity contribution < 1.29 is 13.9 Å². The van der Waals surface area contributed by atoms with E-state index in [1.54, 1.807) is 16.3 Å². The smallest absolute Gasteiger partial charge is 0.308 e. The van der Waals surface area contributed by atoms with E-state index in [2.05, 4.69) is 11.4 Å². The van der Waals surface area contributed by atoms with E-state index in [0.29, 0.717) is 18.2 Å². The average Bonchev–Trinajstić information content (AvgIpc) is 3.04. The SMILES string of the molecule is O=C(Cn1c2c(sc1=O)[C@H]1c3ccccc3OC[C@H]1CS2)Nc1ccc(F)cc1. The van der Waals surface area contributed by atoms with Crippen molar-refractivity contribution in [3.05, 3.63) is 74.5 Å². The van der Waals surface area contributed by atoms with Crippen LogP contribution in [0.3, 0.4) is 0 Å². The average molecular weight is 429 g/mol. The quantitative estimate of drug-likeness (QED) is 0.687. The summed E-state index contributed by atoms with van der Waals surface area (Å²) >= 11 is 2.83. The lowest BCUT2D eigenvalue weighted by molar-refractivity contribution is -0.116. The minimum Gasteiger partial charge on any atom is -0.493 e. The molecule has 1 amide bonds. The molecule has 3 aromatic rings. The number of halogens is 1. The van der Waals surface area contributed by atoms with Gasteiger partial charge in [0.15, 0.2) is 0 Å². The number of nitrogens with zero attached hydrogens (tertiary/aromatic N) is 1. The first-order valence-corrected chi connectivity index (χ1v) is 11.0. The Bertz CT molecular complexity index is 1140. The molecule has 2 aromatic carbocycles. The van der Waals surface area contributed by atoms with Crippen molar-refractivity contribution in [1.29, 1.82) is 0 Å². The number of thioether (sulfide) groups is 1. The fourth-order valence-electron chi connectivity index (χ4n) is 3.87. The third-order valence-electron chi connectivity index (χ3n) is 5.20. The molecule has 0 radical (unpaired) electrons. The third kappa shape index (κ3) is 3.36. The molecule has 0 aliphatic carbocycles. The standard InChI is InChI=1S/C21H17FN2O3S2/c22-13-5-7-14(8-6-13)23-17(25)9-24-20-19(29-21(24)26)18-12(11-28-20)10-27-16-4-2-1-3-15(16)18/h1-8,12,18H,9-11H2,(H,23,25)/t12-,18+/m0/s1. The lowest BCUT2D eigenvalue weighted by Gasteiger charge is -2.36. The molecule has 2 aliphatic rings. The zero-order valence-electron chi connectivity index (χ0n) is 15.3. The number of fused-ring (bicyclic) bond motifs is 5. The van der Waals surface area contributed by atoms with Crippen LogP contribution in [-0.4, -0.2) is 22.8 Å². The van der Waals surface area contributed by atoms with E-state index < -0.39 is 0 Å². The second kappa shape index (κ2) is 7.35. The van der Waals surface area contributed by atoms with Crippen molar-refractivity contribution in [3.8, 4) is 5.75 Å². The largest absolute Gasteiger partial charge is 0.493 e. The van der Waals surface area contributed by atoms with Gasteiger partial charge in [0.05, 0.1) is 11.6 Å². The number of para-hydroxylation sites is 1. The van der Waals surface area contributed by atoms with Gasteiger partial charge in [-0.3, -0.25) is 14.2 Å². The number of thiazole rings is 1. The lowest BCUT2D eigenvalue weighted by Crippen LogP contribution is -2.31. The van der Waals surface area contributed by atoms with E-state index in [-0.39, 0.29) is 29.1 Å². The van der Waals surface area contributed by atoms with Crippen molar-refractivity contribution in [2.45, 2.75) is 17.5 Å². The predicted molar refractivity (Wildman–Crippen MR) is 112 cm³/mol. The van der Waals surface area contributed by atoms with E-state index in [1.807, 2.05) is 18.2 Å². The molecule has 0 unspecified atom stereocenters. The third-order valence-corrected chi connectivity index (χ3v) is 7.70. The Morgan fingerprint density at radius 1 is 1.21 bits per heavy atom. The molecule has 0 spiro atoms. The zero-order valence-corrected chi connectivity index (χ0v) is 16.9. The second-order valence-corrected chi connectivity index (χ2v) is 9.08. The van der Waals surface area contributed by atoms with Crippen LogP contribution in [0.25, 0.3) is 0 Å². The molecule has 0 bridgehead atoms. The molecule has 3 heterocycles. The molecule has 5 nitrogen and oxygen atoms in total. The molecule has 0 fully saturated rings. The van der Waals surface area contributed by atoms with Crippen molar-refractivity contribution in [2.24, 2.45) is 5.92 Å². The number of aromatic nitrogens is 1. The van der Waals surface area contributed by atoms with Gasteiger partial charge in [-0.2, -0.15) is 0 Å². The van der Waals surface area contributed by atoms with E-state index >= 15 is 0 Å². The summed E-state index contributed by atoms with van der Waals surface area (Å²) in [5, 5.41) is 3.59. The van der Waals surface area contributed by atoms with Crippen LogP contribution in [0, 0.1) is 11.7 Å². The number of carbonyl (C=O) groups excluding carboxylic acids is 1. The summed E-state index contributed by atoms with van der Waals surface area (Å²) in [6, 6.07) is 13.5. The first-order chi connectivity index (χ1) is 14.1. The molecule has 2 aliphatic heterocycles. The van der Waals surface area contributed by atoms with Crippen LogP contribution in [0.1, 0.15) is 16.4 Å². The van der Waals surface area contributed by atoms with Crippen molar-refractivity contribution in [3.63, 3.8) is 0 Å². The summed E-state index contributed by atoms with van der Waals surface area (Å²) in [4.78, 5) is 26.1. The molecular weight excluding hydrogens is 411 g/mol. The van der Waals surface area contributed by atoms with E-state index in [0.717, 1.165) is 27.0 Å². The highest BCUT2D eigenvalue weighted by molar-refractivity contribution is 7.99. The van der Waals surface area contributed by atoms with Gasteiger partial charge < -0.3 is 10.1 Å². The highest BCUT2D eigenvalue weighted by Gasteiger charge is 2.39. The van der Waals surface area contributed by atoms with Gasteiger partial charge in [0.25, 0.3) is 0 Å². The lowest BCUT2D eigenvalue weighted by atomic mass is 9.84. The van der Waals surface area contributed by atoms with Crippen molar-refractivity contribution in [2.75, 3.05) is 17.7 Å². The number of amides is 1. The molecule has 0 saturated carbocycles. The van der Waals surface area contributed by atoms with Gasteiger partial charge >= 0.3 is 4.87 Å². The summed E-state index contributed by atoms with van der Waals surface area (Å²) in [5.74, 6) is 1.45. The molecular formula is C21H17FN2O3S2. The number of rotatable bonds is 3. The Labute approximate surface area is 174 Å². The summed E-state index contributed by atoms with van der Waals surface area (Å²) < 4.78 is 20.5. The number of benzene rings is 2. The second-order valence-electron chi connectivity index (χ2n) is 7.08. The summed E-state index contributed by atoms with van der Waals surface area (Å²) in [7, 11) is 0. The Kier molecular flexibility index (Phi) is 4.67. The van der Waals surface area contributed by atoms with Crippen LogP contribution in [-0.2, 0) is 11.3 Å².